The molecule has 29 heavy (non-hydrogen) atoms. The summed E-state index contributed by atoms with van der Waals surface area (Å²) in [6, 6.07) is 15.7. The molecule has 3 heterocycles. The van der Waals surface area contributed by atoms with Crippen LogP contribution in [-0.4, -0.2) is 31.0 Å². The van der Waals surface area contributed by atoms with Crippen molar-refractivity contribution in [1.29, 1.82) is 0 Å². The third kappa shape index (κ3) is 3.37. The SMILES string of the molecule is Nc1ccc2c(c1)Sc1cccc(-c3cc(N4CCOCC4)cc(=O)n3N)c1S2. The topological polar surface area (TPSA) is 86.5 Å². The molecule has 0 atom stereocenters. The molecule has 0 spiro atoms. The molecule has 2 aliphatic rings. The third-order valence-electron chi connectivity index (χ3n) is 5.08. The number of pyridine rings is 1. The normalized spacial score (nSPS) is 15.7. The van der Waals surface area contributed by atoms with Gasteiger partial charge >= 0.3 is 0 Å². The molecular formula is C21H20N4O2S2. The Hall–Kier alpha value is -2.55. The maximum atomic E-state index is 12.6. The Balaban J connectivity index is 1.62. The number of nitrogens with zero attached hydrogens (tertiary/aromatic N) is 2. The Morgan fingerprint density at radius 2 is 1.76 bits per heavy atom. The highest BCUT2D eigenvalue weighted by molar-refractivity contribution is 8.05. The summed E-state index contributed by atoms with van der Waals surface area (Å²) in [6.07, 6.45) is 0. The van der Waals surface area contributed by atoms with Crippen LogP contribution in [0.1, 0.15) is 0 Å². The number of hydrogen-bond acceptors (Lipinski definition) is 7. The molecule has 0 aliphatic carbocycles. The lowest BCUT2D eigenvalue weighted by molar-refractivity contribution is 0.122. The van der Waals surface area contributed by atoms with Crippen LogP contribution in [0.4, 0.5) is 11.4 Å². The average Bonchev–Trinajstić information content (AvgIpc) is 2.74. The molecule has 6 nitrogen and oxygen atoms in total. The first kappa shape index (κ1) is 18.5. The maximum Gasteiger partial charge on any atom is 0.271 e. The number of morpholine rings is 1. The fraction of sp³-hybridized carbons (Fsp3) is 0.190. The molecular weight excluding hydrogens is 404 g/mol. The minimum Gasteiger partial charge on any atom is -0.399 e. The summed E-state index contributed by atoms with van der Waals surface area (Å²) in [4.78, 5) is 19.3. The van der Waals surface area contributed by atoms with Gasteiger partial charge in [0.1, 0.15) is 0 Å². The van der Waals surface area contributed by atoms with Gasteiger partial charge < -0.3 is 21.2 Å². The summed E-state index contributed by atoms with van der Waals surface area (Å²) in [5, 5.41) is 0. The van der Waals surface area contributed by atoms with E-state index in [9.17, 15) is 4.79 Å². The Morgan fingerprint density at radius 3 is 2.59 bits per heavy atom. The van der Waals surface area contributed by atoms with Crippen molar-refractivity contribution in [2.75, 3.05) is 42.8 Å². The van der Waals surface area contributed by atoms with Crippen LogP contribution < -0.4 is 22.0 Å². The molecule has 0 saturated carbocycles. The van der Waals surface area contributed by atoms with Crippen LogP contribution in [0.3, 0.4) is 0 Å². The fourth-order valence-corrected chi connectivity index (χ4v) is 6.01. The molecule has 4 N–H and O–H groups in total. The molecule has 3 aromatic rings. The number of ether oxygens (including phenoxy) is 1. The Morgan fingerprint density at radius 1 is 0.931 bits per heavy atom. The Bertz CT molecular complexity index is 1160. The minimum absolute atomic E-state index is 0.219. The van der Waals surface area contributed by atoms with E-state index < -0.39 is 0 Å². The molecule has 1 fully saturated rings. The fourth-order valence-electron chi connectivity index (χ4n) is 3.60. The van der Waals surface area contributed by atoms with Crippen LogP contribution in [0.5, 0.6) is 0 Å². The standard InChI is InChI=1S/C21H20N4O2S2/c22-13-4-5-17-19(10-13)28-18-3-1-2-15(21(18)29-17)16-11-14(12-20(26)25(16)23)24-6-8-27-9-7-24/h1-5,10-12H,6-9,22-23H2. The maximum absolute atomic E-state index is 12.6. The van der Waals surface area contributed by atoms with Crippen molar-refractivity contribution in [3.63, 3.8) is 0 Å². The Kier molecular flexibility index (Phi) is 4.69. The van der Waals surface area contributed by atoms with E-state index in [-0.39, 0.29) is 5.56 Å². The van der Waals surface area contributed by atoms with Crippen LogP contribution >= 0.6 is 23.5 Å². The van der Waals surface area contributed by atoms with Gasteiger partial charge in [-0.25, -0.2) is 4.68 Å². The number of rotatable bonds is 2. The van der Waals surface area contributed by atoms with Gasteiger partial charge in [0.2, 0.25) is 0 Å². The van der Waals surface area contributed by atoms with E-state index in [2.05, 4.69) is 11.0 Å². The van der Waals surface area contributed by atoms with E-state index in [4.69, 9.17) is 16.3 Å². The quantitative estimate of drug-likeness (QED) is 0.377. The van der Waals surface area contributed by atoms with E-state index in [1.807, 2.05) is 36.4 Å². The number of fused-ring (bicyclic) bond motifs is 2. The van der Waals surface area contributed by atoms with Crippen LogP contribution in [0.2, 0.25) is 0 Å². The summed E-state index contributed by atoms with van der Waals surface area (Å²) in [6.45, 7) is 2.85. The predicted molar refractivity (Wildman–Crippen MR) is 118 cm³/mol. The summed E-state index contributed by atoms with van der Waals surface area (Å²) in [5.74, 6) is 6.19. The summed E-state index contributed by atoms with van der Waals surface area (Å²) >= 11 is 3.38. The minimum atomic E-state index is -0.219. The largest absolute Gasteiger partial charge is 0.399 e. The van der Waals surface area contributed by atoms with Gasteiger partial charge in [-0.05, 0) is 30.3 Å². The zero-order chi connectivity index (χ0) is 20.0. The van der Waals surface area contributed by atoms with Crippen LogP contribution in [-0.2, 0) is 4.74 Å². The molecule has 8 heteroatoms. The molecule has 0 radical (unpaired) electrons. The van der Waals surface area contributed by atoms with Gasteiger partial charge in [-0.2, -0.15) is 0 Å². The van der Waals surface area contributed by atoms with Crippen molar-refractivity contribution in [1.82, 2.24) is 4.68 Å². The molecule has 1 aromatic heterocycles. The smallest absolute Gasteiger partial charge is 0.271 e. The van der Waals surface area contributed by atoms with Crippen LogP contribution in [0, 0.1) is 0 Å². The first-order valence-corrected chi connectivity index (χ1v) is 11.0. The highest BCUT2D eigenvalue weighted by Gasteiger charge is 2.23. The lowest BCUT2D eigenvalue weighted by Gasteiger charge is -2.29. The molecule has 148 valence electrons. The van der Waals surface area contributed by atoms with E-state index in [1.54, 1.807) is 29.6 Å². The van der Waals surface area contributed by atoms with Crippen LogP contribution in [0.15, 0.2) is 72.9 Å². The molecule has 0 unspecified atom stereocenters. The van der Waals surface area contributed by atoms with Gasteiger partial charge in [0.05, 0.1) is 18.9 Å². The van der Waals surface area contributed by atoms with Gasteiger partial charge in [0.25, 0.3) is 5.56 Å². The van der Waals surface area contributed by atoms with Gasteiger partial charge in [-0.3, -0.25) is 4.79 Å². The van der Waals surface area contributed by atoms with E-state index >= 15 is 0 Å². The third-order valence-corrected chi connectivity index (χ3v) is 7.68. The highest BCUT2D eigenvalue weighted by Crippen LogP contribution is 2.52. The van der Waals surface area contributed by atoms with Gasteiger partial charge in [-0.15, -0.1) is 0 Å². The van der Waals surface area contributed by atoms with Gasteiger partial charge in [0, 0.05) is 55.7 Å². The summed E-state index contributed by atoms with van der Waals surface area (Å²) < 4.78 is 6.68. The average molecular weight is 425 g/mol. The monoisotopic (exact) mass is 424 g/mol. The van der Waals surface area contributed by atoms with Crippen molar-refractivity contribution in [2.45, 2.75) is 19.6 Å². The number of anilines is 2. The van der Waals surface area contributed by atoms with Crippen molar-refractivity contribution in [3.05, 3.63) is 58.9 Å². The second-order valence-electron chi connectivity index (χ2n) is 6.95. The summed E-state index contributed by atoms with van der Waals surface area (Å²) in [5.41, 5.74) is 9.04. The van der Waals surface area contributed by atoms with E-state index in [0.29, 0.717) is 18.9 Å². The van der Waals surface area contributed by atoms with Crippen molar-refractivity contribution >= 4 is 34.9 Å². The number of hydrogen-bond donors (Lipinski definition) is 2. The molecule has 0 bridgehead atoms. The van der Waals surface area contributed by atoms with E-state index in [1.165, 1.54) is 4.68 Å². The zero-order valence-corrected chi connectivity index (χ0v) is 17.3. The molecule has 2 aromatic carbocycles. The molecule has 1 saturated heterocycles. The second kappa shape index (κ2) is 7.37. The summed E-state index contributed by atoms with van der Waals surface area (Å²) in [7, 11) is 0. The molecule has 2 aliphatic heterocycles. The number of nitrogens with two attached hydrogens (primary N) is 2. The first-order valence-electron chi connectivity index (χ1n) is 9.33. The number of aromatic nitrogens is 1. The number of nitrogen functional groups attached to an aromatic ring is 2. The van der Waals surface area contributed by atoms with Crippen LogP contribution in [0.25, 0.3) is 11.3 Å². The zero-order valence-electron chi connectivity index (χ0n) is 15.6. The Labute approximate surface area is 176 Å². The highest BCUT2D eigenvalue weighted by atomic mass is 32.2. The van der Waals surface area contributed by atoms with Crippen molar-refractivity contribution in [2.24, 2.45) is 0 Å². The van der Waals surface area contributed by atoms with Gasteiger partial charge in [-0.1, -0.05) is 35.7 Å². The van der Waals surface area contributed by atoms with E-state index in [0.717, 1.165) is 49.6 Å². The van der Waals surface area contributed by atoms with Crippen molar-refractivity contribution in [3.8, 4) is 11.3 Å². The lowest BCUT2D eigenvalue weighted by Crippen LogP contribution is -2.38. The molecule has 5 rings (SSSR count). The first-order chi connectivity index (χ1) is 14.1. The lowest BCUT2D eigenvalue weighted by atomic mass is 10.1. The number of benzene rings is 2. The second-order valence-corrected chi connectivity index (χ2v) is 9.09. The van der Waals surface area contributed by atoms with Gasteiger partial charge in [0.15, 0.2) is 0 Å². The van der Waals surface area contributed by atoms with Crippen molar-refractivity contribution < 1.29 is 4.74 Å². The molecule has 0 amide bonds. The predicted octanol–water partition coefficient (Wildman–Crippen LogP) is 3.26.